The normalized spacial score (nSPS) is 13.8. The summed E-state index contributed by atoms with van der Waals surface area (Å²) in [7, 11) is 0. The predicted octanol–water partition coefficient (Wildman–Crippen LogP) is 6.35. The summed E-state index contributed by atoms with van der Waals surface area (Å²) in [6, 6.07) is 21.4. The van der Waals surface area contributed by atoms with Gasteiger partial charge < -0.3 is 5.32 Å². The van der Waals surface area contributed by atoms with Crippen LogP contribution in [0.4, 0.5) is 11.4 Å². The molecule has 0 aliphatic carbocycles. The summed E-state index contributed by atoms with van der Waals surface area (Å²) < 4.78 is 0. The van der Waals surface area contributed by atoms with Crippen LogP contribution in [-0.4, -0.2) is 11.8 Å². The van der Waals surface area contributed by atoms with Crippen LogP contribution in [0.1, 0.15) is 47.6 Å². The van der Waals surface area contributed by atoms with Crippen LogP contribution in [0.15, 0.2) is 72.4 Å². The molecule has 0 saturated carbocycles. The maximum atomic E-state index is 13.6. The van der Waals surface area contributed by atoms with Crippen LogP contribution >= 0.6 is 0 Å². The number of nitrogens with zero attached hydrogens (tertiary/aromatic N) is 1. The van der Waals surface area contributed by atoms with E-state index in [0.29, 0.717) is 17.0 Å². The third kappa shape index (κ3) is 4.61. The number of imide groups is 1. The van der Waals surface area contributed by atoms with Gasteiger partial charge in [0.05, 0.1) is 11.3 Å². The SMILES string of the molecule is CCCCc1ccc(N2C(=O)C(Nc3ccc(C)c(C)c3)=C(c3ccc(C)cc3)C2=O)cc1. The Kier molecular flexibility index (Phi) is 6.45. The Balaban J connectivity index is 1.73. The predicted molar refractivity (Wildman–Crippen MR) is 135 cm³/mol. The zero-order valence-corrected chi connectivity index (χ0v) is 19.7. The van der Waals surface area contributed by atoms with Crippen molar-refractivity contribution in [3.05, 3.63) is 100 Å². The van der Waals surface area contributed by atoms with Crippen LogP contribution in [0.3, 0.4) is 0 Å². The van der Waals surface area contributed by atoms with E-state index < -0.39 is 0 Å². The van der Waals surface area contributed by atoms with E-state index in [-0.39, 0.29) is 11.8 Å². The number of hydrogen-bond acceptors (Lipinski definition) is 3. The monoisotopic (exact) mass is 438 g/mol. The Morgan fingerprint density at radius 3 is 2.12 bits per heavy atom. The van der Waals surface area contributed by atoms with E-state index in [2.05, 4.69) is 12.2 Å². The van der Waals surface area contributed by atoms with Crippen molar-refractivity contribution in [3.8, 4) is 0 Å². The lowest BCUT2D eigenvalue weighted by Gasteiger charge is -2.16. The fraction of sp³-hybridized carbons (Fsp3) is 0.241. The Morgan fingerprint density at radius 1 is 0.788 bits per heavy atom. The molecule has 1 aliphatic heterocycles. The van der Waals surface area contributed by atoms with E-state index in [9.17, 15) is 9.59 Å². The van der Waals surface area contributed by atoms with E-state index >= 15 is 0 Å². The number of rotatable bonds is 7. The maximum Gasteiger partial charge on any atom is 0.282 e. The third-order valence-electron chi connectivity index (χ3n) is 6.21. The minimum Gasteiger partial charge on any atom is -0.350 e. The van der Waals surface area contributed by atoms with Gasteiger partial charge in [-0.3, -0.25) is 9.59 Å². The van der Waals surface area contributed by atoms with Crippen LogP contribution in [-0.2, 0) is 16.0 Å². The van der Waals surface area contributed by atoms with Gasteiger partial charge in [0.15, 0.2) is 0 Å². The highest BCUT2D eigenvalue weighted by Crippen LogP contribution is 2.34. The molecule has 2 amide bonds. The second kappa shape index (κ2) is 9.45. The molecule has 0 saturated heterocycles. The van der Waals surface area contributed by atoms with Crippen molar-refractivity contribution in [2.45, 2.75) is 47.0 Å². The van der Waals surface area contributed by atoms with Crippen LogP contribution in [0.25, 0.3) is 5.57 Å². The molecule has 0 radical (unpaired) electrons. The van der Waals surface area contributed by atoms with Gasteiger partial charge in [-0.25, -0.2) is 4.90 Å². The van der Waals surface area contributed by atoms with Gasteiger partial charge in [-0.05, 0) is 80.1 Å². The van der Waals surface area contributed by atoms with Gasteiger partial charge in [-0.15, -0.1) is 0 Å². The summed E-state index contributed by atoms with van der Waals surface area (Å²) >= 11 is 0. The summed E-state index contributed by atoms with van der Waals surface area (Å²) in [4.78, 5) is 28.4. The van der Waals surface area contributed by atoms with Gasteiger partial charge >= 0.3 is 0 Å². The molecule has 3 aromatic carbocycles. The molecule has 4 heteroatoms. The first-order chi connectivity index (χ1) is 15.9. The van der Waals surface area contributed by atoms with Crippen molar-refractivity contribution in [1.82, 2.24) is 0 Å². The quantitative estimate of drug-likeness (QED) is 0.437. The largest absolute Gasteiger partial charge is 0.350 e. The highest BCUT2D eigenvalue weighted by molar-refractivity contribution is 6.46. The van der Waals surface area contributed by atoms with Gasteiger partial charge in [0.25, 0.3) is 11.8 Å². The number of amides is 2. The molecule has 1 N–H and O–H groups in total. The summed E-state index contributed by atoms with van der Waals surface area (Å²) in [5, 5.41) is 3.26. The van der Waals surface area contributed by atoms with Gasteiger partial charge in [-0.2, -0.15) is 0 Å². The summed E-state index contributed by atoms with van der Waals surface area (Å²) in [5.41, 5.74) is 7.41. The summed E-state index contributed by atoms with van der Waals surface area (Å²) in [6.07, 6.45) is 3.23. The molecule has 0 fully saturated rings. The first kappa shape index (κ1) is 22.5. The molecule has 1 heterocycles. The van der Waals surface area contributed by atoms with Crippen LogP contribution < -0.4 is 10.2 Å². The van der Waals surface area contributed by atoms with Crippen molar-refractivity contribution < 1.29 is 9.59 Å². The minimum absolute atomic E-state index is 0.308. The Bertz CT molecular complexity index is 1220. The standard InChI is InChI=1S/C29H30N2O2/c1-5-6-7-22-11-16-25(17-12-22)31-28(32)26(23-13-8-19(2)9-14-23)27(29(31)33)30-24-15-10-20(3)21(4)18-24/h8-18,30H,5-7H2,1-4H3. The van der Waals surface area contributed by atoms with Crippen LogP contribution in [0, 0.1) is 20.8 Å². The zero-order valence-electron chi connectivity index (χ0n) is 19.7. The second-order valence-electron chi connectivity index (χ2n) is 8.76. The molecule has 4 rings (SSSR count). The number of benzene rings is 3. The molecule has 0 spiro atoms. The van der Waals surface area contributed by atoms with E-state index in [1.165, 1.54) is 16.0 Å². The molecule has 33 heavy (non-hydrogen) atoms. The van der Waals surface area contributed by atoms with Crippen molar-refractivity contribution in [2.75, 3.05) is 10.2 Å². The molecule has 168 valence electrons. The molecule has 0 aromatic heterocycles. The van der Waals surface area contributed by atoms with Gasteiger partial charge in [-0.1, -0.05) is 61.4 Å². The van der Waals surface area contributed by atoms with Gasteiger partial charge in [0.1, 0.15) is 5.70 Å². The molecule has 0 unspecified atom stereocenters. The van der Waals surface area contributed by atoms with Crippen molar-refractivity contribution in [1.29, 1.82) is 0 Å². The smallest absolute Gasteiger partial charge is 0.282 e. The van der Waals surface area contributed by atoms with Crippen molar-refractivity contribution in [2.24, 2.45) is 0 Å². The average molecular weight is 439 g/mol. The highest BCUT2D eigenvalue weighted by atomic mass is 16.2. The zero-order chi connectivity index (χ0) is 23.5. The number of hydrogen-bond donors (Lipinski definition) is 1. The maximum absolute atomic E-state index is 13.6. The van der Waals surface area contributed by atoms with E-state index in [4.69, 9.17) is 0 Å². The van der Waals surface area contributed by atoms with Gasteiger partial charge in [0, 0.05) is 5.69 Å². The number of anilines is 2. The fourth-order valence-corrected chi connectivity index (χ4v) is 4.02. The number of nitrogens with one attached hydrogen (secondary N) is 1. The molecular weight excluding hydrogens is 408 g/mol. The Hall–Kier alpha value is -3.66. The topological polar surface area (TPSA) is 49.4 Å². The fourth-order valence-electron chi connectivity index (χ4n) is 4.02. The van der Waals surface area contributed by atoms with Crippen LogP contribution in [0.5, 0.6) is 0 Å². The second-order valence-corrected chi connectivity index (χ2v) is 8.76. The summed E-state index contributed by atoms with van der Waals surface area (Å²) in [6.45, 7) is 8.24. The lowest BCUT2D eigenvalue weighted by atomic mass is 10.0. The van der Waals surface area contributed by atoms with Crippen molar-refractivity contribution in [3.63, 3.8) is 0 Å². The lowest BCUT2D eigenvalue weighted by Crippen LogP contribution is -2.32. The van der Waals surface area contributed by atoms with E-state index in [1.54, 1.807) is 0 Å². The number of carbonyl (C=O) groups is 2. The lowest BCUT2D eigenvalue weighted by molar-refractivity contribution is -0.120. The number of carbonyl (C=O) groups excluding carboxylic acids is 2. The van der Waals surface area contributed by atoms with E-state index in [0.717, 1.165) is 41.6 Å². The molecule has 0 atom stereocenters. The number of unbranched alkanes of at least 4 members (excludes halogenated alkanes) is 1. The Morgan fingerprint density at radius 2 is 1.48 bits per heavy atom. The molecule has 1 aliphatic rings. The first-order valence-electron chi connectivity index (χ1n) is 11.5. The van der Waals surface area contributed by atoms with Crippen molar-refractivity contribution >= 4 is 28.8 Å². The minimum atomic E-state index is -0.338. The molecule has 4 nitrogen and oxygen atoms in total. The first-order valence-corrected chi connectivity index (χ1v) is 11.5. The highest BCUT2D eigenvalue weighted by Gasteiger charge is 2.40. The van der Waals surface area contributed by atoms with Crippen LogP contribution in [0.2, 0.25) is 0 Å². The third-order valence-corrected chi connectivity index (χ3v) is 6.21. The molecule has 0 bridgehead atoms. The molecular formula is C29H30N2O2. The van der Waals surface area contributed by atoms with E-state index in [1.807, 2.05) is 87.5 Å². The Labute approximate surface area is 195 Å². The average Bonchev–Trinajstić information content (AvgIpc) is 3.05. The number of aryl methyl sites for hydroxylation is 4. The summed E-state index contributed by atoms with van der Waals surface area (Å²) in [5.74, 6) is -0.647. The molecule has 3 aromatic rings. The van der Waals surface area contributed by atoms with Gasteiger partial charge in [0.2, 0.25) is 0 Å².